The Morgan fingerprint density at radius 1 is 0.850 bits per heavy atom. The molecule has 0 aromatic carbocycles. The van der Waals surface area contributed by atoms with E-state index in [4.69, 9.17) is 18.9 Å². The van der Waals surface area contributed by atoms with Gasteiger partial charge in [-0.05, 0) is 94.5 Å². The molecule has 4 aliphatic heterocycles. The maximum atomic E-state index is 16.3. The van der Waals surface area contributed by atoms with Crippen LogP contribution in [0.2, 0.25) is 0 Å². The topological polar surface area (TPSA) is 156 Å². The number of amides is 3. The largest absolute Gasteiger partial charge is 0.459 e. The van der Waals surface area contributed by atoms with Crippen molar-refractivity contribution < 1.29 is 43.2 Å². The molecule has 14 heteroatoms. The zero-order chi connectivity index (χ0) is 41.4. The van der Waals surface area contributed by atoms with E-state index in [1.165, 1.54) is 24.2 Å². The highest BCUT2D eigenvalue weighted by Crippen LogP contribution is 2.65. The quantitative estimate of drug-likeness (QED) is 0.161. The number of esters is 1. The molecule has 13 nitrogen and oxygen atoms in total. The summed E-state index contributed by atoms with van der Waals surface area (Å²) < 4.78 is 24.5. The summed E-state index contributed by atoms with van der Waals surface area (Å²) in [7, 11) is 1.54. The molecule has 0 aromatic heterocycles. The van der Waals surface area contributed by atoms with Crippen molar-refractivity contribution in [3.63, 3.8) is 0 Å². The van der Waals surface area contributed by atoms with Crippen molar-refractivity contribution in [2.45, 2.75) is 188 Å². The zero-order valence-electron chi connectivity index (χ0n) is 35.8. The molecule has 0 radical (unpaired) electrons. The van der Waals surface area contributed by atoms with Crippen molar-refractivity contribution in [1.29, 1.82) is 0 Å². The number of hydrogen-bond acceptors (Lipinski definition) is 12. The molecule has 9 rings (SSSR count). The van der Waals surface area contributed by atoms with Crippen molar-refractivity contribution >= 4 is 35.6 Å². The molecule has 4 saturated carbocycles. The Hall–Kier alpha value is -2.23. The van der Waals surface area contributed by atoms with Gasteiger partial charge in [0.2, 0.25) is 11.8 Å². The van der Waals surface area contributed by atoms with Gasteiger partial charge in [-0.15, -0.1) is 11.8 Å². The normalized spacial score (nSPS) is 39.1. The maximum Gasteiger partial charge on any atom is 0.421 e. The summed E-state index contributed by atoms with van der Waals surface area (Å²) in [5.41, 5.74) is -0.415. The van der Waals surface area contributed by atoms with Crippen LogP contribution in [-0.2, 0) is 33.3 Å². The number of nitrogens with zero attached hydrogens (tertiary/aromatic N) is 2. The number of thioether (sulfide) groups is 1. The highest BCUT2D eigenvalue weighted by atomic mass is 32.2. The Balaban J connectivity index is 1.24. The van der Waals surface area contributed by atoms with Crippen LogP contribution in [0.4, 0.5) is 4.79 Å². The Bertz CT molecular complexity index is 1600. The number of nitrogens with one attached hydrogen (secondary N) is 2. The molecule has 7 fully saturated rings. The van der Waals surface area contributed by atoms with E-state index in [1.54, 1.807) is 18.9 Å². The number of morpholine rings is 1. The Morgan fingerprint density at radius 2 is 1.55 bits per heavy atom. The first-order valence-corrected chi connectivity index (χ1v) is 25.0. The zero-order valence-corrected chi connectivity index (χ0v) is 36.6. The number of aliphatic hydroxyl groups is 1. The van der Waals surface area contributed by atoms with Crippen LogP contribution in [0.1, 0.15) is 141 Å². The molecular weight excluding hydrogens is 785 g/mol. The maximum absolute atomic E-state index is 16.3. The van der Waals surface area contributed by atoms with Crippen LogP contribution in [-0.4, -0.2) is 119 Å². The van der Waals surface area contributed by atoms with E-state index in [0.29, 0.717) is 29.8 Å². The van der Waals surface area contributed by atoms with E-state index >= 15 is 14.4 Å². The molecule has 5 unspecified atom stereocenters. The standard InChI is InChI=1S/C46H70N4O9S/c1-56-26-27-58-45(55)49-33-21-11-9-19-31(33)46(43(49)54)36(41(52)48-44-47-32-20-10-13-23-35(32)60-44)38-42(53)59-39(29-16-6-3-7-17-29)37(28-14-4-2-5-15-28)50(38)40(46)30-18-8-12-22-34(30)57-25-24-51/h28-30,32,34-40,44,47,51H,2-27H2,1H3,(H,48,52)/t30?,32?,34?,35?,36-,37-,38-,39+,40+,44?,46-/m0/s1. The number of ether oxygens (including phenoxy) is 4. The van der Waals surface area contributed by atoms with Gasteiger partial charge in [0, 0.05) is 36.1 Å². The molecular formula is C46H70N4O9S. The second-order valence-electron chi connectivity index (χ2n) is 19.5. The van der Waals surface area contributed by atoms with E-state index in [9.17, 15) is 9.90 Å². The smallest absolute Gasteiger partial charge is 0.421 e. The van der Waals surface area contributed by atoms with Crippen LogP contribution in [0, 0.1) is 29.1 Å². The first-order valence-electron chi connectivity index (χ1n) is 24.0. The number of fused-ring (bicyclic) bond motifs is 3. The number of imide groups is 1. The van der Waals surface area contributed by atoms with Gasteiger partial charge in [-0.25, -0.2) is 9.69 Å². The minimum absolute atomic E-state index is 0.0113. The SMILES string of the molecule is COCCOC(=O)N1C(=O)[C@@]2(C3=C1CCCC3)[C@H](C(=O)NC1NC3CCCCC3S1)[C@H]1C(=O)O[C@H](C3CCCCC3)[C@H](C3CCCCC3)N1[C@@H]2C1CCCCC1OCCO. The van der Waals surface area contributed by atoms with Gasteiger partial charge < -0.3 is 29.4 Å². The molecule has 4 heterocycles. The van der Waals surface area contributed by atoms with E-state index in [-0.39, 0.29) is 73.8 Å². The van der Waals surface area contributed by atoms with Crippen LogP contribution in [0.5, 0.6) is 0 Å². The van der Waals surface area contributed by atoms with Crippen molar-refractivity contribution in [1.82, 2.24) is 20.4 Å². The predicted octanol–water partition coefficient (Wildman–Crippen LogP) is 6.16. The predicted molar refractivity (Wildman–Crippen MR) is 225 cm³/mol. The highest BCUT2D eigenvalue weighted by Gasteiger charge is 2.77. The van der Waals surface area contributed by atoms with Crippen molar-refractivity contribution in [2.75, 3.05) is 33.5 Å². The van der Waals surface area contributed by atoms with Crippen molar-refractivity contribution in [3.8, 4) is 0 Å². The average molecular weight is 855 g/mol. The lowest BCUT2D eigenvalue weighted by atomic mass is 9.59. The molecule has 3 amide bonds. The number of rotatable bonds is 11. The lowest BCUT2D eigenvalue weighted by Gasteiger charge is -2.54. The Kier molecular flexibility index (Phi) is 13.5. The fourth-order valence-electron chi connectivity index (χ4n) is 14.0. The Labute approximate surface area is 360 Å². The van der Waals surface area contributed by atoms with Gasteiger partial charge >= 0.3 is 12.1 Å². The number of carbonyl (C=O) groups is 4. The number of cyclic esters (lactones) is 1. The van der Waals surface area contributed by atoms with Gasteiger partial charge in [0.1, 0.15) is 29.7 Å². The van der Waals surface area contributed by atoms with Gasteiger partial charge in [0.25, 0.3) is 0 Å². The fourth-order valence-corrected chi connectivity index (χ4v) is 15.5. The summed E-state index contributed by atoms with van der Waals surface area (Å²) in [6, 6.07) is -1.50. The van der Waals surface area contributed by atoms with Gasteiger partial charge in [-0.2, -0.15) is 0 Å². The summed E-state index contributed by atoms with van der Waals surface area (Å²) in [6.45, 7) is 0.217. The second kappa shape index (κ2) is 18.9. The molecule has 334 valence electrons. The van der Waals surface area contributed by atoms with Crippen LogP contribution < -0.4 is 10.6 Å². The van der Waals surface area contributed by atoms with Gasteiger partial charge in [0.05, 0.1) is 37.9 Å². The van der Waals surface area contributed by atoms with Gasteiger partial charge in [0.15, 0.2) is 0 Å². The van der Waals surface area contributed by atoms with Crippen LogP contribution in [0.3, 0.4) is 0 Å². The van der Waals surface area contributed by atoms with E-state index in [1.807, 2.05) is 0 Å². The van der Waals surface area contributed by atoms with Crippen LogP contribution in [0.25, 0.3) is 0 Å². The number of hydrogen-bond donors (Lipinski definition) is 3. The summed E-state index contributed by atoms with van der Waals surface area (Å²) in [5.74, 6) is -2.11. The summed E-state index contributed by atoms with van der Waals surface area (Å²) in [5, 5.41) is 17.6. The van der Waals surface area contributed by atoms with Crippen LogP contribution >= 0.6 is 11.8 Å². The second-order valence-corrected chi connectivity index (χ2v) is 20.8. The number of carbonyl (C=O) groups excluding carboxylic acids is 4. The molecule has 0 bridgehead atoms. The first kappa shape index (κ1) is 43.0. The summed E-state index contributed by atoms with van der Waals surface area (Å²) in [4.78, 5) is 65.6. The lowest BCUT2D eigenvalue weighted by molar-refractivity contribution is -0.192. The minimum Gasteiger partial charge on any atom is -0.459 e. The molecule has 60 heavy (non-hydrogen) atoms. The minimum atomic E-state index is -1.53. The molecule has 3 N–H and O–H groups in total. The fraction of sp³-hybridized carbons (Fsp3) is 0.870. The number of allylic oxidation sites excluding steroid dienone is 1. The first-order chi connectivity index (χ1) is 29.4. The van der Waals surface area contributed by atoms with Gasteiger partial charge in [-0.3, -0.25) is 24.6 Å². The molecule has 5 aliphatic carbocycles. The summed E-state index contributed by atoms with van der Waals surface area (Å²) >= 11 is 1.75. The molecule has 11 atom stereocenters. The van der Waals surface area contributed by atoms with Crippen molar-refractivity contribution in [3.05, 3.63) is 11.3 Å². The molecule has 0 aromatic rings. The third-order valence-electron chi connectivity index (χ3n) is 16.3. The molecule has 3 saturated heterocycles. The third-order valence-corrected chi connectivity index (χ3v) is 17.8. The van der Waals surface area contributed by atoms with E-state index in [0.717, 1.165) is 115 Å². The van der Waals surface area contributed by atoms with E-state index < -0.39 is 41.4 Å². The monoisotopic (exact) mass is 854 g/mol. The van der Waals surface area contributed by atoms with Crippen molar-refractivity contribution in [2.24, 2.45) is 29.1 Å². The number of aliphatic hydroxyl groups excluding tert-OH is 1. The average Bonchev–Trinajstić information content (AvgIpc) is 3.92. The Morgan fingerprint density at radius 3 is 2.30 bits per heavy atom. The third kappa shape index (κ3) is 7.66. The van der Waals surface area contributed by atoms with Crippen LogP contribution in [0.15, 0.2) is 11.3 Å². The van der Waals surface area contributed by atoms with Gasteiger partial charge in [-0.1, -0.05) is 64.2 Å². The molecule has 1 spiro atoms. The lowest BCUT2D eigenvalue weighted by Crippen LogP contribution is -2.66. The summed E-state index contributed by atoms with van der Waals surface area (Å²) in [6.07, 6.45) is 19.8. The van der Waals surface area contributed by atoms with E-state index in [2.05, 4.69) is 15.5 Å². The highest BCUT2D eigenvalue weighted by molar-refractivity contribution is 8.00. The number of methoxy groups -OCH3 is 1. The molecule has 9 aliphatic rings.